The fraction of sp³-hybridized carbons (Fsp3) is 0.318. The normalized spacial score (nSPS) is 15.9. The van der Waals surface area contributed by atoms with Crippen LogP contribution in [0.1, 0.15) is 29.8 Å². The molecule has 0 bridgehead atoms. The van der Waals surface area contributed by atoms with Gasteiger partial charge in [-0.3, -0.25) is 4.90 Å². The van der Waals surface area contributed by atoms with Crippen molar-refractivity contribution in [1.82, 2.24) is 9.88 Å². The van der Waals surface area contributed by atoms with Gasteiger partial charge < -0.3 is 19.2 Å². The van der Waals surface area contributed by atoms with Gasteiger partial charge in [-0.25, -0.2) is 4.79 Å². The second kappa shape index (κ2) is 7.87. The summed E-state index contributed by atoms with van der Waals surface area (Å²) in [5, 5.41) is 1.77. The Kier molecular flexibility index (Phi) is 5.28. The third-order valence-corrected chi connectivity index (χ3v) is 5.55. The number of carbonyl (C=O) groups excluding carboxylic acids is 1. The van der Waals surface area contributed by atoms with Gasteiger partial charge in [0.2, 0.25) is 0 Å². The Morgan fingerprint density at radius 3 is 2.69 bits per heavy atom. The maximum absolute atomic E-state index is 12.8. The number of halogens is 1. The Bertz CT molecular complexity index is 1060. The molecule has 6 nitrogen and oxygen atoms in total. The van der Waals surface area contributed by atoms with Crippen molar-refractivity contribution in [1.29, 1.82) is 0 Å². The summed E-state index contributed by atoms with van der Waals surface area (Å²) < 4.78 is 16.2. The first-order valence-electron chi connectivity index (χ1n) is 9.52. The van der Waals surface area contributed by atoms with E-state index in [2.05, 4.69) is 4.98 Å². The summed E-state index contributed by atoms with van der Waals surface area (Å²) in [6.07, 6.45) is 0.382. The van der Waals surface area contributed by atoms with Crippen LogP contribution < -0.4 is 9.47 Å². The van der Waals surface area contributed by atoms with Gasteiger partial charge in [0.1, 0.15) is 6.04 Å². The molecule has 0 saturated heterocycles. The van der Waals surface area contributed by atoms with E-state index < -0.39 is 0 Å². The average Bonchev–Trinajstić information content (AvgIpc) is 3.10. The molecule has 1 aromatic heterocycles. The van der Waals surface area contributed by atoms with Gasteiger partial charge >= 0.3 is 6.09 Å². The van der Waals surface area contributed by atoms with Gasteiger partial charge in [-0.05, 0) is 54.8 Å². The number of H-pyrrole nitrogens is 1. The van der Waals surface area contributed by atoms with Crippen molar-refractivity contribution in [3.05, 3.63) is 58.2 Å². The minimum atomic E-state index is -0.338. The van der Waals surface area contributed by atoms with E-state index in [1.807, 2.05) is 43.3 Å². The predicted octanol–water partition coefficient (Wildman–Crippen LogP) is 4.94. The Hall–Kier alpha value is -2.86. The molecule has 152 valence electrons. The van der Waals surface area contributed by atoms with Crippen LogP contribution in [0.15, 0.2) is 36.4 Å². The number of nitrogens with one attached hydrogen (secondary N) is 1. The summed E-state index contributed by atoms with van der Waals surface area (Å²) in [6.45, 7) is 2.68. The minimum Gasteiger partial charge on any atom is -0.493 e. The molecule has 0 saturated carbocycles. The summed E-state index contributed by atoms with van der Waals surface area (Å²) in [6, 6.07) is 11.2. The number of benzene rings is 2. The average molecular weight is 415 g/mol. The van der Waals surface area contributed by atoms with Crippen LogP contribution in [0.4, 0.5) is 4.79 Å². The molecule has 0 spiro atoms. The number of hydrogen-bond donors (Lipinski definition) is 1. The third kappa shape index (κ3) is 3.38. The summed E-state index contributed by atoms with van der Waals surface area (Å²) in [4.78, 5) is 18.0. The molecule has 4 rings (SSSR count). The smallest absolute Gasteiger partial charge is 0.410 e. The molecule has 1 atom stereocenters. The first-order valence-corrected chi connectivity index (χ1v) is 9.90. The molecule has 0 radical (unpaired) electrons. The fourth-order valence-electron chi connectivity index (χ4n) is 4.03. The van der Waals surface area contributed by atoms with Crippen molar-refractivity contribution >= 4 is 28.6 Å². The topological polar surface area (TPSA) is 63.8 Å². The highest BCUT2D eigenvalue weighted by Crippen LogP contribution is 2.41. The van der Waals surface area contributed by atoms with E-state index in [1.54, 1.807) is 19.1 Å². The number of aromatic nitrogens is 1. The van der Waals surface area contributed by atoms with E-state index in [1.165, 1.54) is 5.56 Å². The molecule has 1 amide bonds. The van der Waals surface area contributed by atoms with Crippen LogP contribution in [0.2, 0.25) is 5.02 Å². The standard InChI is InChI=1S/C22H23ClN2O4/c1-4-29-22(26)25-10-9-15-16-12-14(23)6-7-17(16)24-20(15)21(25)13-5-8-18(27-2)19(11-13)28-3/h5-8,11-12,21,24H,4,9-10H2,1-3H3. The van der Waals surface area contributed by atoms with Crippen molar-refractivity contribution < 1.29 is 19.0 Å². The lowest BCUT2D eigenvalue weighted by Crippen LogP contribution is -2.41. The van der Waals surface area contributed by atoms with Gasteiger partial charge in [-0.1, -0.05) is 17.7 Å². The maximum Gasteiger partial charge on any atom is 0.410 e. The van der Waals surface area contributed by atoms with Gasteiger partial charge in [0.15, 0.2) is 11.5 Å². The van der Waals surface area contributed by atoms with Crippen LogP contribution in [0, 0.1) is 0 Å². The van der Waals surface area contributed by atoms with E-state index in [0.29, 0.717) is 29.7 Å². The number of carbonyl (C=O) groups is 1. The Labute approximate surface area is 174 Å². The van der Waals surface area contributed by atoms with Crippen LogP contribution in [-0.4, -0.2) is 43.3 Å². The van der Waals surface area contributed by atoms with Crippen LogP contribution in [0.25, 0.3) is 10.9 Å². The molecule has 1 aliphatic heterocycles. The third-order valence-electron chi connectivity index (χ3n) is 5.31. The number of fused-ring (bicyclic) bond motifs is 3. The summed E-state index contributed by atoms with van der Waals surface area (Å²) in [5.41, 5.74) is 4.04. The number of nitrogens with zero attached hydrogens (tertiary/aromatic N) is 1. The molecular formula is C22H23ClN2O4. The Morgan fingerprint density at radius 2 is 1.97 bits per heavy atom. The molecule has 0 aliphatic carbocycles. The summed E-state index contributed by atoms with van der Waals surface area (Å²) in [7, 11) is 3.20. The highest BCUT2D eigenvalue weighted by Gasteiger charge is 2.35. The summed E-state index contributed by atoms with van der Waals surface area (Å²) in [5.74, 6) is 1.25. The molecule has 1 unspecified atom stereocenters. The first kappa shape index (κ1) is 19.5. The largest absolute Gasteiger partial charge is 0.493 e. The van der Waals surface area contributed by atoms with Crippen LogP contribution in [-0.2, 0) is 11.2 Å². The molecule has 1 N–H and O–H groups in total. The predicted molar refractivity (Wildman–Crippen MR) is 112 cm³/mol. The minimum absolute atomic E-state index is 0.323. The molecule has 2 heterocycles. The van der Waals surface area contributed by atoms with Gasteiger partial charge in [0.25, 0.3) is 0 Å². The van der Waals surface area contributed by atoms with Crippen molar-refractivity contribution in [3.8, 4) is 11.5 Å². The highest BCUT2D eigenvalue weighted by molar-refractivity contribution is 6.31. The van der Waals surface area contributed by atoms with Crippen molar-refractivity contribution in [3.63, 3.8) is 0 Å². The summed E-state index contributed by atoms with van der Waals surface area (Å²) >= 11 is 6.24. The Balaban J connectivity index is 1.89. The van der Waals surface area contributed by atoms with Gasteiger partial charge in [0.05, 0.1) is 20.8 Å². The number of amides is 1. The van der Waals surface area contributed by atoms with Crippen LogP contribution in [0.5, 0.6) is 11.5 Å². The lowest BCUT2D eigenvalue weighted by Gasteiger charge is -2.35. The number of hydrogen-bond acceptors (Lipinski definition) is 4. The van der Waals surface area contributed by atoms with Crippen molar-refractivity contribution in [2.45, 2.75) is 19.4 Å². The second-order valence-electron chi connectivity index (χ2n) is 6.87. The van der Waals surface area contributed by atoms with E-state index in [0.717, 1.165) is 28.6 Å². The van der Waals surface area contributed by atoms with E-state index in [9.17, 15) is 4.79 Å². The zero-order valence-corrected chi connectivity index (χ0v) is 17.4. The first-order chi connectivity index (χ1) is 14.1. The van der Waals surface area contributed by atoms with E-state index in [-0.39, 0.29) is 12.1 Å². The molecule has 3 aromatic rings. The maximum atomic E-state index is 12.8. The molecule has 29 heavy (non-hydrogen) atoms. The van der Waals surface area contributed by atoms with Crippen LogP contribution in [0.3, 0.4) is 0 Å². The fourth-order valence-corrected chi connectivity index (χ4v) is 4.21. The van der Waals surface area contributed by atoms with E-state index >= 15 is 0 Å². The number of ether oxygens (including phenoxy) is 3. The van der Waals surface area contributed by atoms with Crippen molar-refractivity contribution in [2.75, 3.05) is 27.4 Å². The van der Waals surface area contributed by atoms with Crippen molar-refractivity contribution in [2.24, 2.45) is 0 Å². The van der Waals surface area contributed by atoms with E-state index in [4.69, 9.17) is 25.8 Å². The zero-order valence-electron chi connectivity index (χ0n) is 16.6. The molecule has 7 heteroatoms. The lowest BCUT2D eigenvalue weighted by atomic mass is 9.92. The molecule has 1 aliphatic rings. The number of rotatable bonds is 4. The SMILES string of the molecule is CCOC(=O)N1CCc2c([nH]c3ccc(Cl)cc23)C1c1ccc(OC)c(OC)c1. The van der Waals surface area contributed by atoms with Gasteiger partial charge in [-0.15, -0.1) is 0 Å². The molecule has 2 aromatic carbocycles. The highest BCUT2D eigenvalue weighted by atomic mass is 35.5. The molecular weight excluding hydrogens is 392 g/mol. The quantitative estimate of drug-likeness (QED) is 0.656. The number of methoxy groups -OCH3 is 2. The second-order valence-corrected chi connectivity index (χ2v) is 7.30. The Morgan fingerprint density at radius 1 is 1.17 bits per heavy atom. The monoisotopic (exact) mass is 414 g/mol. The molecule has 0 fully saturated rings. The van der Waals surface area contributed by atoms with Crippen LogP contribution >= 0.6 is 11.6 Å². The van der Waals surface area contributed by atoms with Gasteiger partial charge in [0, 0.05) is 28.2 Å². The number of aromatic amines is 1. The van der Waals surface area contributed by atoms with Gasteiger partial charge in [-0.2, -0.15) is 0 Å². The lowest BCUT2D eigenvalue weighted by molar-refractivity contribution is 0.0931. The zero-order chi connectivity index (χ0) is 20.5.